The summed E-state index contributed by atoms with van der Waals surface area (Å²) in [5.41, 5.74) is 0.0663. The summed E-state index contributed by atoms with van der Waals surface area (Å²) in [6, 6.07) is 18.0. The molecule has 2 aromatic rings. The molecule has 3 atom stereocenters. The molecule has 2 aromatic carbocycles. The molecule has 0 bridgehead atoms. The number of carbonyl (C=O) groups excluding carboxylic acids is 3. The largest absolute Gasteiger partial charge is 0.468 e. The number of nitrogens with zero attached hydrogens (tertiary/aromatic N) is 1. The van der Waals surface area contributed by atoms with Crippen LogP contribution in [-0.4, -0.2) is 41.9 Å². The average Bonchev–Trinajstić information content (AvgIpc) is 2.87. The molecule has 0 radical (unpaired) electrons. The van der Waals surface area contributed by atoms with E-state index in [1.165, 1.54) is 20.5 Å². The zero-order valence-corrected chi connectivity index (χ0v) is 20.1. The lowest BCUT2D eigenvalue weighted by Crippen LogP contribution is -2.74. The Balaban J connectivity index is 1.92. The number of hydrogen-bond acceptors (Lipinski definition) is 5. The minimum Gasteiger partial charge on any atom is -0.468 e. The van der Waals surface area contributed by atoms with Gasteiger partial charge in [0, 0.05) is 24.1 Å². The van der Waals surface area contributed by atoms with Gasteiger partial charge < -0.3 is 14.4 Å². The van der Waals surface area contributed by atoms with Gasteiger partial charge in [0.25, 0.3) is 0 Å². The summed E-state index contributed by atoms with van der Waals surface area (Å²) in [6.07, 6.45) is 5.55. The molecule has 0 unspecified atom stereocenters. The number of carbonyl (C=O) groups is 3. The van der Waals surface area contributed by atoms with Crippen LogP contribution in [0.1, 0.15) is 57.1 Å². The molecule has 2 aliphatic rings. The second kappa shape index (κ2) is 10.00. The highest BCUT2D eigenvalue weighted by molar-refractivity contribution is 6.04. The van der Waals surface area contributed by atoms with E-state index in [1.54, 1.807) is 4.90 Å². The number of hydrogen-bond donors (Lipinski definition) is 0. The first-order valence-electron chi connectivity index (χ1n) is 12.1. The third kappa shape index (κ3) is 4.10. The van der Waals surface area contributed by atoms with Gasteiger partial charge in [0.05, 0.1) is 7.11 Å². The molecule has 6 nitrogen and oxygen atoms in total. The summed E-state index contributed by atoms with van der Waals surface area (Å²) in [4.78, 5) is 40.9. The van der Waals surface area contributed by atoms with Gasteiger partial charge in [-0.1, -0.05) is 79.9 Å². The first-order valence-corrected chi connectivity index (χ1v) is 12.1. The molecule has 2 fully saturated rings. The zero-order valence-electron chi connectivity index (χ0n) is 20.1. The van der Waals surface area contributed by atoms with Gasteiger partial charge in [0.2, 0.25) is 5.91 Å². The van der Waals surface area contributed by atoms with E-state index in [9.17, 15) is 14.4 Å². The van der Waals surface area contributed by atoms with Crippen LogP contribution >= 0.6 is 0 Å². The maximum Gasteiger partial charge on any atom is 0.320 e. The number of amides is 1. The van der Waals surface area contributed by atoms with Crippen LogP contribution in [0.15, 0.2) is 60.7 Å². The molecule has 1 heterocycles. The van der Waals surface area contributed by atoms with Gasteiger partial charge in [-0.2, -0.15) is 0 Å². The van der Waals surface area contributed by atoms with E-state index in [2.05, 4.69) is 6.92 Å². The Kier molecular flexibility index (Phi) is 7.05. The predicted molar refractivity (Wildman–Crippen MR) is 128 cm³/mol. The van der Waals surface area contributed by atoms with Crippen molar-refractivity contribution >= 4 is 17.8 Å². The van der Waals surface area contributed by atoms with Gasteiger partial charge in [0.1, 0.15) is 6.04 Å². The van der Waals surface area contributed by atoms with Crippen LogP contribution in [0, 0.1) is 11.8 Å². The van der Waals surface area contributed by atoms with Crippen molar-refractivity contribution in [2.75, 3.05) is 7.11 Å². The lowest BCUT2D eigenvalue weighted by atomic mass is 9.67. The van der Waals surface area contributed by atoms with Crippen molar-refractivity contribution in [1.29, 1.82) is 0 Å². The molecule has 6 heteroatoms. The molecule has 4 rings (SSSR count). The Morgan fingerprint density at radius 1 is 0.941 bits per heavy atom. The van der Waals surface area contributed by atoms with Crippen molar-refractivity contribution in [2.45, 2.75) is 63.6 Å². The Morgan fingerprint density at radius 2 is 1.47 bits per heavy atom. The van der Waals surface area contributed by atoms with Crippen molar-refractivity contribution < 1.29 is 23.9 Å². The molecule has 34 heavy (non-hydrogen) atoms. The number of rotatable bonds is 7. The van der Waals surface area contributed by atoms with Gasteiger partial charge >= 0.3 is 11.9 Å². The Morgan fingerprint density at radius 3 is 1.94 bits per heavy atom. The molecule has 0 aromatic heterocycles. The second-order valence-electron chi connectivity index (χ2n) is 9.39. The smallest absolute Gasteiger partial charge is 0.320 e. The van der Waals surface area contributed by atoms with Gasteiger partial charge in [-0.05, 0) is 25.7 Å². The van der Waals surface area contributed by atoms with Gasteiger partial charge in [-0.25, -0.2) is 0 Å². The zero-order chi connectivity index (χ0) is 24.3. The van der Waals surface area contributed by atoms with E-state index < -0.39 is 29.5 Å². The molecule has 0 spiro atoms. The van der Waals surface area contributed by atoms with Crippen LogP contribution in [0.4, 0.5) is 0 Å². The summed E-state index contributed by atoms with van der Waals surface area (Å²) in [5, 5.41) is 0. The highest BCUT2D eigenvalue weighted by Gasteiger charge is 2.65. The molecular weight excluding hydrogens is 430 g/mol. The van der Waals surface area contributed by atoms with E-state index in [-0.39, 0.29) is 11.9 Å². The summed E-state index contributed by atoms with van der Waals surface area (Å²) < 4.78 is 11.3. The Bertz CT molecular complexity index is 976. The Labute approximate surface area is 201 Å². The highest BCUT2D eigenvalue weighted by Crippen LogP contribution is 2.50. The first kappa shape index (κ1) is 24.0. The molecule has 1 saturated heterocycles. The summed E-state index contributed by atoms with van der Waals surface area (Å²) in [5.74, 6) is -2.08. The third-order valence-corrected chi connectivity index (χ3v) is 7.49. The second-order valence-corrected chi connectivity index (χ2v) is 9.39. The number of likely N-dealkylation sites (tertiary alicyclic amines) is 1. The van der Waals surface area contributed by atoms with Crippen molar-refractivity contribution in [3.8, 4) is 0 Å². The molecule has 180 valence electrons. The molecule has 1 amide bonds. The SMILES string of the molecule is COC(=O)[C@@H]1C(=O)N([C@@H](C)C2CCCCC2)[C@H]1C(OC(C)=O)(c1ccccc1)c1ccccc1. The summed E-state index contributed by atoms with van der Waals surface area (Å²) in [7, 11) is 1.29. The van der Waals surface area contributed by atoms with Crippen molar-refractivity contribution in [2.24, 2.45) is 11.8 Å². The fourth-order valence-electron chi connectivity index (χ4n) is 5.88. The summed E-state index contributed by atoms with van der Waals surface area (Å²) in [6.45, 7) is 3.42. The van der Waals surface area contributed by atoms with Crippen LogP contribution in [0.25, 0.3) is 0 Å². The van der Waals surface area contributed by atoms with E-state index in [0.717, 1.165) is 25.7 Å². The number of ether oxygens (including phenoxy) is 2. The number of methoxy groups -OCH3 is 1. The van der Waals surface area contributed by atoms with Crippen LogP contribution in [0.5, 0.6) is 0 Å². The quantitative estimate of drug-likeness (QED) is 0.344. The monoisotopic (exact) mass is 463 g/mol. The number of benzene rings is 2. The third-order valence-electron chi connectivity index (χ3n) is 7.49. The van der Waals surface area contributed by atoms with E-state index in [1.807, 2.05) is 60.7 Å². The van der Waals surface area contributed by atoms with Crippen molar-refractivity contribution in [1.82, 2.24) is 4.90 Å². The molecular formula is C28H33NO5. The van der Waals surface area contributed by atoms with Crippen LogP contribution in [0.2, 0.25) is 0 Å². The maximum absolute atomic E-state index is 13.5. The van der Waals surface area contributed by atoms with Crippen molar-refractivity contribution in [3.63, 3.8) is 0 Å². The van der Waals surface area contributed by atoms with E-state index in [4.69, 9.17) is 9.47 Å². The lowest BCUT2D eigenvalue weighted by molar-refractivity contribution is -0.202. The van der Waals surface area contributed by atoms with Crippen LogP contribution in [-0.2, 0) is 29.5 Å². The van der Waals surface area contributed by atoms with E-state index in [0.29, 0.717) is 17.0 Å². The highest BCUT2D eigenvalue weighted by atomic mass is 16.6. The fourth-order valence-corrected chi connectivity index (χ4v) is 5.88. The van der Waals surface area contributed by atoms with Gasteiger partial charge in [-0.3, -0.25) is 14.4 Å². The minimum atomic E-state index is -1.36. The predicted octanol–water partition coefficient (Wildman–Crippen LogP) is 4.46. The van der Waals surface area contributed by atoms with Gasteiger partial charge in [-0.15, -0.1) is 0 Å². The fraction of sp³-hybridized carbons (Fsp3) is 0.464. The summed E-state index contributed by atoms with van der Waals surface area (Å²) >= 11 is 0. The van der Waals surface area contributed by atoms with Crippen LogP contribution in [0.3, 0.4) is 0 Å². The van der Waals surface area contributed by atoms with Crippen molar-refractivity contribution in [3.05, 3.63) is 71.8 Å². The van der Waals surface area contributed by atoms with E-state index >= 15 is 0 Å². The number of esters is 2. The standard InChI is InChI=1S/C28H33NO5/c1-19(21-13-7-4-8-14-21)29-25(24(26(29)31)27(32)33-3)28(34-20(2)30,22-15-9-5-10-16-22)23-17-11-6-12-18-23/h5-6,9-12,15-19,21,24-25H,4,7-8,13-14H2,1-3H3/t19-,24-,25+/m0/s1. The minimum absolute atomic E-state index is 0.0962. The first-order chi connectivity index (χ1) is 16.4. The van der Waals surface area contributed by atoms with Crippen LogP contribution < -0.4 is 0 Å². The molecule has 1 aliphatic carbocycles. The average molecular weight is 464 g/mol. The Hall–Kier alpha value is -3.15. The van der Waals surface area contributed by atoms with Gasteiger partial charge in [0.15, 0.2) is 11.5 Å². The molecule has 1 aliphatic heterocycles. The maximum atomic E-state index is 13.5. The molecule has 1 saturated carbocycles. The number of β-lactam (4-membered cyclic amide) rings is 1. The lowest BCUT2D eigenvalue weighted by Gasteiger charge is -2.57. The normalized spacial score (nSPS) is 22.0. The molecule has 0 N–H and O–H groups in total. The topological polar surface area (TPSA) is 72.9 Å².